The summed E-state index contributed by atoms with van der Waals surface area (Å²) in [5, 5.41) is 10.2. The first-order chi connectivity index (χ1) is 5.72. The molecule has 1 aromatic rings. The number of rotatable bonds is 3. The molecule has 2 nitrogen and oxygen atoms in total. The van der Waals surface area contributed by atoms with E-state index in [1.54, 1.807) is 18.8 Å². The number of nitrogens with zero attached hydrogens (tertiary/aromatic N) is 1. The minimum absolute atomic E-state index is 0.578. The molecule has 0 aliphatic heterocycles. The lowest BCUT2D eigenvalue weighted by Crippen LogP contribution is -2.11. The molecule has 0 saturated carbocycles. The molecule has 1 N–H and O–H groups in total. The van der Waals surface area contributed by atoms with Crippen molar-refractivity contribution in [3.05, 3.63) is 29.8 Å². The van der Waals surface area contributed by atoms with Gasteiger partial charge in [0.2, 0.25) is 0 Å². The molecule has 0 heterocycles. The van der Waals surface area contributed by atoms with Crippen LogP contribution in [0.3, 0.4) is 0 Å². The molecular weight excluding hydrogens is 170 g/mol. The van der Waals surface area contributed by atoms with Crippen LogP contribution in [-0.4, -0.2) is 23.6 Å². The van der Waals surface area contributed by atoms with Crippen LogP contribution in [0.15, 0.2) is 29.2 Å². The van der Waals surface area contributed by atoms with E-state index in [1.807, 2.05) is 18.4 Å². The minimum atomic E-state index is 0.578. The molecule has 0 aliphatic carbocycles. The summed E-state index contributed by atoms with van der Waals surface area (Å²) in [5.41, 5.74) is 1.13. The van der Waals surface area contributed by atoms with Crippen molar-refractivity contribution in [3.8, 4) is 0 Å². The standard InChI is InChI=1S/C9H13NOS/c1-10(11)7-8-4-3-5-9(6-8)12-2/h3-6,11H,7H2,1-2H3. The summed E-state index contributed by atoms with van der Waals surface area (Å²) in [6.07, 6.45) is 2.04. The Morgan fingerprint density at radius 3 is 2.83 bits per heavy atom. The van der Waals surface area contributed by atoms with Gasteiger partial charge in [-0.2, -0.15) is 5.06 Å². The summed E-state index contributed by atoms with van der Waals surface area (Å²) in [6.45, 7) is 0.578. The highest BCUT2D eigenvalue weighted by Crippen LogP contribution is 2.16. The third-order valence-corrected chi connectivity index (χ3v) is 2.27. The normalized spacial score (nSPS) is 10.7. The minimum Gasteiger partial charge on any atom is -0.314 e. The van der Waals surface area contributed by atoms with Crippen molar-refractivity contribution in [3.63, 3.8) is 0 Å². The van der Waals surface area contributed by atoms with Crippen LogP contribution in [0.5, 0.6) is 0 Å². The maximum atomic E-state index is 9.00. The Balaban J connectivity index is 2.72. The summed E-state index contributed by atoms with van der Waals surface area (Å²) >= 11 is 1.71. The van der Waals surface area contributed by atoms with Crippen molar-refractivity contribution in [2.75, 3.05) is 13.3 Å². The SMILES string of the molecule is CSc1cccc(CN(C)O)c1. The smallest absolute Gasteiger partial charge is 0.0485 e. The van der Waals surface area contributed by atoms with E-state index < -0.39 is 0 Å². The third-order valence-electron chi connectivity index (χ3n) is 1.55. The Labute approximate surface area is 77.2 Å². The molecular formula is C9H13NOS. The fraction of sp³-hybridized carbons (Fsp3) is 0.333. The van der Waals surface area contributed by atoms with Gasteiger partial charge >= 0.3 is 0 Å². The molecule has 0 aliphatic rings. The molecule has 0 unspecified atom stereocenters. The fourth-order valence-electron chi connectivity index (χ4n) is 1.04. The van der Waals surface area contributed by atoms with Gasteiger partial charge in [-0.1, -0.05) is 12.1 Å². The lowest BCUT2D eigenvalue weighted by molar-refractivity contribution is -0.0731. The average molecular weight is 183 g/mol. The number of benzene rings is 1. The summed E-state index contributed by atoms with van der Waals surface area (Å²) in [6, 6.07) is 8.15. The van der Waals surface area contributed by atoms with E-state index in [1.165, 1.54) is 9.96 Å². The predicted octanol–water partition coefficient (Wildman–Crippen LogP) is 2.23. The van der Waals surface area contributed by atoms with E-state index >= 15 is 0 Å². The van der Waals surface area contributed by atoms with Crippen LogP contribution in [0.4, 0.5) is 0 Å². The number of hydroxylamine groups is 2. The lowest BCUT2D eigenvalue weighted by Gasteiger charge is -2.08. The molecule has 0 spiro atoms. The summed E-state index contributed by atoms with van der Waals surface area (Å²) < 4.78 is 0. The van der Waals surface area contributed by atoms with Crippen molar-refractivity contribution in [2.24, 2.45) is 0 Å². The first kappa shape index (κ1) is 9.58. The molecule has 66 valence electrons. The van der Waals surface area contributed by atoms with E-state index in [4.69, 9.17) is 5.21 Å². The second-order valence-corrected chi connectivity index (χ2v) is 3.55. The zero-order valence-electron chi connectivity index (χ0n) is 7.32. The van der Waals surface area contributed by atoms with E-state index in [0.29, 0.717) is 6.54 Å². The second kappa shape index (κ2) is 4.50. The number of thioether (sulfide) groups is 1. The Morgan fingerprint density at radius 1 is 1.50 bits per heavy atom. The van der Waals surface area contributed by atoms with Crippen molar-refractivity contribution >= 4 is 11.8 Å². The molecule has 0 atom stereocenters. The zero-order chi connectivity index (χ0) is 8.97. The highest BCUT2D eigenvalue weighted by atomic mass is 32.2. The van der Waals surface area contributed by atoms with E-state index in [9.17, 15) is 0 Å². The molecule has 1 aromatic carbocycles. The summed E-state index contributed by atoms with van der Waals surface area (Å²) in [7, 11) is 1.64. The predicted molar refractivity (Wildman–Crippen MR) is 51.5 cm³/mol. The van der Waals surface area contributed by atoms with Gasteiger partial charge in [0.25, 0.3) is 0 Å². The first-order valence-corrected chi connectivity index (χ1v) is 4.98. The van der Waals surface area contributed by atoms with Gasteiger partial charge < -0.3 is 5.21 Å². The van der Waals surface area contributed by atoms with Gasteiger partial charge in [-0.25, -0.2) is 0 Å². The Bertz CT molecular complexity index is 250. The van der Waals surface area contributed by atoms with Crippen LogP contribution < -0.4 is 0 Å². The van der Waals surface area contributed by atoms with E-state index in [-0.39, 0.29) is 0 Å². The molecule has 1 rings (SSSR count). The van der Waals surface area contributed by atoms with Gasteiger partial charge in [-0.3, -0.25) is 0 Å². The second-order valence-electron chi connectivity index (χ2n) is 2.67. The van der Waals surface area contributed by atoms with Crippen LogP contribution in [0.2, 0.25) is 0 Å². The number of hydrogen-bond acceptors (Lipinski definition) is 3. The van der Waals surface area contributed by atoms with Crippen LogP contribution in [-0.2, 0) is 6.54 Å². The van der Waals surface area contributed by atoms with Gasteiger partial charge in [0.1, 0.15) is 0 Å². The van der Waals surface area contributed by atoms with Gasteiger partial charge in [0.05, 0.1) is 0 Å². The van der Waals surface area contributed by atoms with Gasteiger partial charge in [0, 0.05) is 18.5 Å². The largest absolute Gasteiger partial charge is 0.314 e. The Kier molecular flexibility index (Phi) is 3.59. The summed E-state index contributed by atoms with van der Waals surface area (Å²) in [4.78, 5) is 1.23. The summed E-state index contributed by atoms with van der Waals surface area (Å²) in [5.74, 6) is 0. The maximum Gasteiger partial charge on any atom is 0.0485 e. The highest BCUT2D eigenvalue weighted by molar-refractivity contribution is 7.98. The van der Waals surface area contributed by atoms with Crippen molar-refractivity contribution in [1.29, 1.82) is 0 Å². The van der Waals surface area contributed by atoms with E-state index in [2.05, 4.69) is 12.1 Å². The molecule has 0 amide bonds. The van der Waals surface area contributed by atoms with Gasteiger partial charge in [-0.15, -0.1) is 11.8 Å². The van der Waals surface area contributed by atoms with Crippen molar-refractivity contribution < 1.29 is 5.21 Å². The first-order valence-electron chi connectivity index (χ1n) is 3.75. The van der Waals surface area contributed by atoms with Crippen LogP contribution >= 0.6 is 11.8 Å². The average Bonchev–Trinajstić information content (AvgIpc) is 2.03. The quantitative estimate of drug-likeness (QED) is 0.574. The van der Waals surface area contributed by atoms with Crippen LogP contribution in [0.1, 0.15) is 5.56 Å². The monoisotopic (exact) mass is 183 g/mol. The molecule has 12 heavy (non-hydrogen) atoms. The molecule has 0 aromatic heterocycles. The molecule has 3 heteroatoms. The van der Waals surface area contributed by atoms with Crippen molar-refractivity contribution in [2.45, 2.75) is 11.4 Å². The van der Waals surface area contributed by atoms with Gasteiger partial charge in [0.15, 0.2) is 0 Å². The Morgan fingerprint density at radius 2 is 2.25 bits per heavy atom. The van der Waals surface area contributed by atoms with E-state index in [0.717, 1.165) is 5.56 Å². The Hall–Kier alpha value is -0.510. The molecule has 0 radical (unpaired) electrons. The number of hydrogen-bond donors (Lipinski definition) is 1. The maximum absolute atomic E-state index is 9.00. The molecule has 0 bridgehead atoms. The molecule has 0 fully saturated rings. The van der Waals surface area contributed by atoms with Gasteiger partial charge in [-0.05, 0) is 24.0 Å². The fourth-order valence-corrected chi connectivity index (χ4v) is 1.52. The van der Waals surface area contributed by atoms with Crippen LogP contribution in [0.25, 0.3) is 0 Å². The zero-order valence-corrected chi connectivity index (χ0v) is 8.14. The van der Waals surface area contributed by atoms with Crippen LogP contribution in [0, 0.1) is 0 Å². The molecule has 0 saturated heterocycles. The van der Waals surface area contributed by atoms with Crippen molar-refractivity contribution in [1.82, 2.24) is 5.06 Å². The lowest BCUT2D eigenvalue weighted by atomic mass is 10.2. The highest BCUT2D eigenvalue weighted by Gasteiger charge is 1.96. The third kappa shape index (κ3) is 2.85. The topological polar surface area (TPSA) is 23.5 Å².